The van der Waals surface area contributed by atoms with E-state index in [9.17, 15) is 13.2 Å². The predicted octanol–water partition coefficient (Wildman–Crippen LogP) is 3.77. The Kier molecular flexibility index (Phi) is 6.14. The zero-order valence-electron chi connectivity index (χ0n) is 15.9. The van der Waals surface area contributed by atoms with E-state index < -0.39 is 9.84 Å². The molecule has 0 aliphatic heterocycles. The minimum Gasteiger partial charge on any atom is -0.491 e. The number of hydrogen-bond donors (Lipinski definition) is 1. The second kappa shape index (κ2) is 8.58. The van der Waals surface area contributed by atoms with Gasteiger partial charge in [0, 0.05) is 17.9 Å². The van der Waals surface area contributed by atoms with Gasteiger partial charge in [0.2, 0.25) is 5.13 Å². The Morgan fingerprint density at radius 2 is 1.76 bits per heavy atom. The first-order chi connectivity index (χ1) is 13.7. The standard InChI is InChI=1S/C19H19N3O5S2/c1-12(2)26-15-8-13(18(23)21-19-22-20-11-28-19)9-16(10-15)27-14-4-6-17(7-5-14)29(3,24)25/h4-12H,1-3H3,(H,21,22,23). The number of amides is 1. The maximum atomic E-state index is 12.6. The lowest BCUT2D eigenvalue weighted by atomic mass is 10.2. The minimum atomic E-state index is -3.29. The van der Waals surface area contributed by atoms with Crippen molar-refractivity contribution in [3.63, 3.8) is 0 Å². The molecule has 1 aromatic heterocycles. The molecule has 0 radical (unpaired) electrons. The molecule has 0 fully saturated rings. The highest BCUT2D eigenvalue weighted by Crippen LogP contribution is 2.29. The summed E-state index contributed by atoms with van der Waals surface area (Å²) < 4.78 is 34.7. The summed E-state index contributed by atoms with van der Waals surface area (Å²) in [5, 5.41) is 10.5. The quantitative estimate of drug-likeness (QED) is 0.604. The molecule has 2 aromatic carbocycles. The van der Waals surface area contributed by atoms with E-state index in [-0.39, 0.29) is 16.9 Å². The summed E-state index contributed by atoms with van der Waals surface area (Å²) in [7, 11) is -3.29. The smallest absolute Gasteiger partial charge is 0.257 e. The zero-order valence-corrected chi connectivity index (χ0v) is 17.6. The Hall–Kier alpha value is -2.98. The molecule has 0 saturated carbocycles. The molecule has 0 atom stereocenters. The Labute approximate surface area is 172 Å². The third kappa shape index (κ3) is 5.75. The summed E-state index contributed by atoms with van der Waals surface area (Å²) in [6, 6.07) is 10.8. The maximum absolute atomic E-state index is 12.6. The molecule has 10 heteroatoms. The minimum absolute atomic E-state index is 0.0987. The first-order valence-corrected chi connectivity index (χ1v) is 11.3. The molecule has 0 aliphatic rings. The average Bonchev–Trinajstić information content (AvgIpc) is 3.13. The van der Waals surface area contributed by atoms with Gasteiger partial charge in [0.05, 0.1) is 11.0 Å². The lowest BCUT2D eigenvalue weighted by Crippen LogP contribution is -2.13. The van der Waals surface area contributed by atoms with Gasteiger partial charge in [0.1, 0.15) is 22.8 Å². The Balaban J connectivity index is 1.87. The molecule has 3 rings (SSSR count). The SMILES string of the molecule is CC(C)Oc1cc(Oc2ccc(S(C)(=O)=O)cc2)cc(C(=O)Nc2nncs2)c1. The number of carbonyl (C=O) groups excluding carboxylic acids is 1. The fourth-order valence-electron chi connectivity index (χ4n) is 2.39. The molecular weight excluding hydrogens is 414 g/mol. The van der Waals surface area contributed by atoms with Gasteiger partial charge in [-0.3, -0.25) is 10.1 Å². The number of rotatable bonds is 7. The molecule has 0 aliphatic carbocycles. The lowest BCUT2D eigenvalue weighted by Gasteiger charge is -2.14. The number of benzene rings is 2. The Morgan fingerprint density at radius 3 is 2.34 bits per heavy atom. The molecule has 0 saturated heterocycles. The van der Waals surface area contributed by atoms with Crippen LogP contribution < -0.4 is 14.8 Å². The first-order valence-electron chi connectivity index (χ1n) is 8.58. The van der Waals surface area contributed by atoms with Gasteiger partial charge in [-0.25, -0.2) is 8.42 Å². The van der Waals surface area contributed by atoms with Gasteiger partial charge in [-0.2, -0.15) is 0 Å². The summed E-state index contributed by atoms with van der Waals surface area (Å²) in [6.45, 7) is 3.75. The number of nitrogens with one attached hydrogen (secondary N) is 1. The van der Waals surface area contributed by atoms with Gasteiger partial charge in [-0.15, -0.1) is 10.2 Å². The normalized spacial score (nSPS) is 11.3. The molecule has 152 valence electrons. The predicted molar refractivity (Wildman–Crippen MR) is 110 cm³/mol. The third-order valence-corrected chi connectivity index (χ3v) is 5.32. The fourth-order valence-corrected chi connectivity index (χ4v) is 3.46. The molecule has 29 heavy (non-hydrogen) atoms. The molecule has 3 aromatic rings. The summed E-state index contributed by atoms with van der Waals surface area (Å²) in [5.41, 5.74) is 1.84. The van der Waals surface area contributed by atoms with Crippen LogP contribution in [0.15, 0.2) is 52.9 Å². The van der Waals surface area contributed by atoms with Crippen LogP contribution in [0.25, 0.3) is 0 Å². The highest BCUT2D eigenvalue weighted by atomic mass is 32.2. The first kappa shape index (κ1) is 20.7. The molecule has 1 amide bonds. The van der Waals surface area contributed by atoms with Crippen LogP contribution in [0.1, 0.15) is 24.2 Å². The second-order valence-electron chi connectivity index (χ2n) is 6.40. The largest absolute Gasteiger partial charge is 0.491 e. The van der Waals surface area contributed by atoms with Gasteiger partial charge in [-0.1, -0.05) is 11.3 Å². The van der Waals surface area contributed by atoms with Gasteiger partial charge < -0.3 is 9.47 Å². The molecule has 1 N–H and O–H groups in total. The number of sulfone groups is 1. The van der Waals surface area contributed by atoms with Crippen molar-refractivity contribution in [1.29, 1.82) is 0 Å². The van der Waals surface area contributed by atoms with Crippen molar-refractivity contribution in [3.05, 3.63) is 53.5 Å². The van der Waals surface area contributed by atoms with E-state index in [1.54, 1.807) is 30.3 Å². The van der Waals surface area contributed by atoms with Crippen LogP contribution >= 0.6 is 11.3 Å². The van der Waals surface area contributed by atoms with Gasteiger partial charge >= 0.3 is 0 Å². The summed E-state index contributed by atoms with van der Waals surface area (Å²) in [6.07, 6.45) is 1.04. The molecular formula is C19H19N3O5S2. The highest BCUT2D eigenvalue weighted by Gasteiger charge is 2.14. The van der Waals surface area contributed by atoms with Gasteiger partial charge in [-0.05, 0) is 50.2 Å². The molecule has 1 heterocycles. The molecule has 0 unspecified atom stereocenters. The topological polar surface area (TPSA) is 107 Å². The number of carbonyl (C=O) groups is 1. The number of anilines is 1. The van der Waals surface area contributed by atoms with Gasteiger partial charge in [0.15, 0.2) is 9.84 Å². The number of nitrogens with zero attached hydrogens (tertiary/aromatic N) is 2. The summed E-state index contributed by atoms with van der Waals surface area (Å²) in [5.74, 6) is 0.883. The number of aromatic nitrogens is 2. The van der Waals surface area contributed by atoms with Gasteiger partial charge in [0.25, 0.3) is 5.91 Å². The van der Waals surface area contributed by atoms with E-state index in [2.05, 4.69) is 15.5 Å². The monoisotopic (exact) mass is 433 g/mol. The Morgan fingerprint density at radius 1 is 1.07 bits per heavy atom. The molecule has 0 bridgehead atoms. The number of hydrogen-bond acceptors (Lipinski definition) is 8. The highest BCUT2D eigenvalue weighted by molar-refractivity contribution is 7.90. The van der Waals surface area contributed by atoms with Crippen molar-refractivity contribution < 1.29 is 22.7 Å². The van der Waals surface area contributed by atoms with Crippen molar-refractivity contribution >= 4 is 32.2 Å². The van der Waals surface area contributed by atoms with Crippen molar-refractivity contribution in [3.8, 4) is 17.2 Å². The lowest BCUT2D eigenvalue weighted by molar-refractivity contribution is 0.102. The van der Waals surface area contributed by atoms with E-state index >= 15 is 0 Å². The van der Waals surface area contributed by atoms with E-state index in [1.807, 2.05) is 13.8 Å². The molecule has 0 spiro atoms. The number of ether oxygens (including phenoxy) is 2. The zero-order chi connectivity index (χ0) is 21.0. The summed E-state index contributed by atoms with van der Waals surface area (Å²) in [4.78, 5) is 12.8. The van der Waals surface area contributed by atoms with Crippen LogP contribution in [0, 0.1) is 0 Å². The van der Waals surface area contributed by atoms with Crippen LogP contribution in [-0.4, -0.2) is 36.9 Å². The van der Waals surface area contributed by atoms with E-state index in [0.29, 0.717) is 27.9 Å². The van der Waals surface area contributed by atoms with Crippen molar-refractivity contribution in [2.45, 2.75) is 24.8 Å². The Bertz CT molecular complexity index is 1100. The average molecular weight is 434 g/mol. The maximum Gasteiger partial charge on any atom is 0.257 e. The summed E-state index contributed by atoms with van der Waals surface area (Å²) >= 11 is 1.21. The van der Waals surface area contributed by atoms with Crippen LogP contribution in [0.4, 0.5) is 5.13 Å². The van der Waals surface area contributed by atoms with E-state index in [4.69, 9.17) is 9.47 Å². The molecule has 8 nitrogen and oxygen atoms in total. The third-order valence-electron chi connectivity index (χ3n) is 3.58. The van der Waals surface area contributed by atoms with Crippen molar-refractivity contribution in [1.82, 2.24) is 10.2 Å². The van der Waals surface area contributed by atoms with E-state index in [0.717, 1.165) is 6.26 Å². The van der Waals surface area contributed by atoms with Crippen LogP contribution in [0.3, 0.4) is 0 Å². The van der Waals surface area contributed by atoms with Crippen LogP contribution in [-0.2, 0) is 9.84 Å². The van der Waals surface area contributed by atoms with Crippen molar-refractivity contribution in [2.75, 3.05) is 11.6 Å². The second-order valence-corrected chi connectivity index (χ2v) is 9.25. The van der Waals surface area contributed by atoms with Crippen LogP contribution in [0.5, 0.6) is 17.2 Å². The van der Waals surface area contributed by atoms with Crippen molar-refractivity contribution in [2.24, 2.45) is 0 Å². The van der Waals surface area contributed by atoms with Crippen LogP contribution in [0.2, 0.25) is 0 Å². The fraction of sp³-hybridized carbons (Fsp3) is 0.211. The van der Waals surface area contributed by atoms with E-state index in [1.165, 1.54) is 29.0 Å².